The van der Waals surface area contributed by atoms with Gasteiger partial charge in [-0.25, -0.2) is 14.8 Å². The summed E-state index contributed by atoms with van der Waals surface area (Å²) in [6.07, 6.45) is 2.26. The fraction of sp³-hybridized carbons (Fsp3) is 0.0870. The molecule has 0 aliphatic carbocycles. The van der Waals surface area contributed by atoms with Gasteiger partial charge >= 0.3 is 6.09 Å². The number of hydrogen-bond acceptors (Lipinski definition) is 6. The number of amides is 1. The molecular weight excluding hydrogens is 497 g/mol. The molecule has 0 unspecified atom stereocenters. The summed E-state index contributed by atoms with van der Waals surface area (Å²) in [5, 5.41) is 18.1. The largest absolute Gasteiger partial charge is 0.465 e. The van der Waals surface area contributed by atoms with Crippen molar-refractivity contribution in [2.75, 3.05) is 11.9 Å². The van der Waals surface area contributed by atoms with Gasteiger partial charge in [0.05, 0.1) is 10.5 Å². The first kappa shape index (κ1) is 23.6. The summed E-state index contributed by atoms with van der Waals surface area (Å²) in [5.41, 5.74) is 2.25. The van der Waals surface area contributed by atoms with Crippen LogP contribution in [0.5, 0.6) is 11.5 Å². The molecule has 0 saturated carbocycles. The quantitative estimate of drug-likeness (QED) is 0.228. The van der Waals surface area contributed by atoms with Crippen LogP contribution in [0.1, 0.15) is 0 Å². The number of benzene rings is 2. The minimum atomic E-state index is -1.06. The second-order valence-corrected chi connectivity index (χ2v) is 8.54. The van der Waals surface area contributed by atoms with Gasteiger partial charge in [0.2, 0.25) is 0 Å². The molecular formula is C23H19Cl2N5O3S. The molecule has 0 atom stereocenters. The topological polar surface area (TPSA) is 101 Å². The Balaban J connectivity index is 0.00000274. The number of halogens is 2. The molecule has 5 rings (SSSR count). The molecule has 8 nitrogen and oxygen atoms in total. The summed E-state index contributed by atoms with van der Waals surface area (Å²) in [5.74, 6) is 1.86. The zero-order valence-electron chi connectivity index (χ0n) is 17.6. The molecule has 34 heavy (non-hydrogen) atoms. The highest BCUT2D eigenvalue weighted by Gasteiger charge is 2.12. The van der Waals surface area contributed by atoms with Gasteiger partial charge in [0.15, 0.2) is 5.82 Å². The van der Waals surface area contributed by atoms with Crippen LogP contribution in [0.15, 0.2) is 66.4 Å². The van der Waals surface area contributed by atoms with Crippen molar-refractivity contribution < 1.29 is 14.6 Å². The van der Waals surface area contributed by atoms with Gasteiger partial charge in [0, 0.05) is 29.7 Å². The maximum Gasteiger partial charge on any atom is 0.404 e. The molecule has 0 aliphatic heterocycles. The Kier molecular flexibility index (Phi) is 7.06. The highest BCUT2D eigenvalue weighted by molar-refractivity contribution is 7.17. The van der Waals surface area contributed by atoms with Crippen LogP contribution in [0.25, 0.3) is 21.1 Å². The third-order valence-electron chi connectivity index (χ3n) is 5.03. The van der Waals surface area contributed by atoms with E-state index >= 15 is 0 Å². The minimum absolute atomic E-state index is 0. The number of anilines is 2. The number of ether oxygens (including phenoxy) is 1. The van der Waals surface area contributed by atoms with Gasteiger partial charge in [-0.05, 0) is 59.3 Å². The highest BCUT2D eigenvalue weighted by atomic mass is 35.5. The number of carbonyl (C=O) groups is 1. The molecule has 0 bridgehead atoms. The summed E-state index contributed by atoms with van der Waals surface area (Å²) >= 11 is 8.16. The lowest BCUT2D eigenvalue weighted by molar-refractivity contribution is 0.194. The van der Waals surface area contributed by atoms with E-state index < -0.39 is 6.09 Å². The van der Waals surface area contributed by atoms with Crippen LogP contribution in [0.3, 0.4) is 0 Å². The Morgan fingerprint density at radius 2 is 2.03 bits per heavy atom. The lowest BCUT2D eigenvalue weighted by Gasteiger charge is -2.12. The van der Waals surface area contributed by atoms with Crippen molar-refractivity contribution in [2.24, 2.45) is 0 Å². The maximum atomic E-state index is 10.7. The van der Waals surface area contributed by atoms with Crippen molar-refractivity contribution in [2.45, 2.75) is 6.54 Å². The smallest absolute Gasteiger partial charge is 0.404 e. The molecule has 2 aromatic carbocycles. The van der Waals surface area contributed by atoms with Gasteiger partial charge in [-0.2, -0.15) is 0 Å². The van der Waals surface area contributed by atoms with Crippen molar-refractivity contribution in [1.29, 1.82) is 0 Å². The fourth-order valence-electron chi connectivity index (χ4n) is 3.52. The third kappa shape index (κ3) is 5.01. The number of nitrogens with zero attached hydrogens (tertiary/aromatic N) is 3. The number of carboxylic acid groups (broad SMARTS) is 1. The zero-order chi connectivity index (χ0) is 22.8. The van der Waals surface area contributed by atoms with Crippen molar-refractivity contribution in [1.82, 2.24) is 19.9 Å². The molecule has 5 aromatic rings. The Hall–Kier alpha value is -3.53. The van der Waals surface area contributed by atoms with Gasteiger partial charge < -0.3 is 25.0 Å². The number of thiophene rings is 1. The van der Waals surface area contributed by atoms with Gasteiger partial charge in [-0.15, -0.1) is 23.7 Å². The summed E-state index contributed by atoms with van der Waals surface area (Å²) < 4.78 is 9.04. The summed E-state index contributed by atoms with van der Waals surface area (Å²) in [7, 11) is 0. The molecule has 3 N–H and O–H groups in total. The van der Waals surface area contributed by atoms with E-state index in [1.54, 1.807) is 23.5 Å². The van der Waals surface area contributed by atoms with Crippen LogP contribution < -0.4 is 15.4 Å². The fourth-order valence-corrected chi connectivity index (χ4v) is 4.55. The monoisotopic (exact) mass is 515 g/mol. The number of aromatic nitrogens is 3. The normalized spacial score (nSPS) is 10.7. The summed E-state index contributed by atoms with van der Waals surface area (Å²) in [4.78, 5) is 19.4. The second-order valence-electron chi connectivity index (χ2n) is 7.19. The SMILES string of the molecule is Cl.O=C(O)NCCn1ccc2ncnc(Nc3ccc(Oc4ccc5ccsc5c4)c(Cl)c3)c21. The molecule has 174 valence electrons. The first-order valence-electron chi connectivity index (χ1n) is 10.1. The molecule has 0 radical (unpaired) electrons. The van der Waals surface area contributed by atoms with Crippen LogP contribution in [-0.2, 0) is 6.54 Å². The average molecular weight is 516 g/mol. The minimum Gasteiger partial charge on any atom is -0.465 e. The lowest BCUT2D eigenvalue weighted by atomic mass is 10.2. The predicted octanol–water partition coefficient (Wildman–Crippen LogP) is 6.52. The van der Waals surface area contributed by atoms with Crippen molar-refractivity contribution in [3.63, 3.8) is 0 Å². The van der Waals surface area contributed by atoms with Crippen LogP contribution in [-0.4, -0.2) is 32.3 Å². The molecule has 1 amide bonds. The molecule has 3 aromatic heterocycles. The Bertz CT molecular complexity index is 1470. The number of hydrogen-bond donors (Lipinski definition) is 3. The first-order valence-corrected chi connectivity index (χ1v) is 11.3. The molecule has 0 saturated heterocycles. The summed E-state index contributed by atoms with van der Waals surface area (Å²) in [6, 6.07) is 15.3. The van der Waals surface area contributed by atoms with E-state index in [0.29, 0.717) is 23.1 Å². The van der Waals surface area contributed by atoms with Gasteiger partial charge in [0.1, 0.15) is 23.3 Å². The number of nitrogens with one attached hydrogen (secondary N) is 2. The summed E-state index contributed by atoms with van der Waals surface area (Å²) in [6.45, 7) is 0.711. The Morgan fingerprint density at radius 1 is 1.15 bits per heavy atom. The van der Waals surface area contributed by atoms with Crippen LogP contribution >= 0.6 is 35.3 Å². The van der Waals surface area contributed by atoms with E-state index in [2.05, 4.69) is 26.7 Å². The molecule has 11 heteroatoms. The van der Waals surface area contributed by atoms with Crippen molar-refractivity contribution in [3.05, 3.63) is 71.5 Å². The van der Waals surface area contributed by atoms with Crippen LogP contribution in [0.4, 0.5) is 16.3 Å². The lowest BCUT2D eigenvalue weighted by Crippen LogP contribution is -2.25. The van der Waals surface area contributed by atoms with Crippen molar-refractivity contribution in [3.8, 4) is 11.5 Å². The van der Waals surface area contributed by atoms with Crippen LogP contribution in [0.2, 0.25) is 5.02 Å². The van der Waals surface area contributed by atoms with E-state index in [0.717, 1.165) is 27.2 Å². The standard InChI is InChI=1S/C23H18ClN5O3S.ClH/c24-17-11-15(2-4-19(17)32-16-3-1-14-6-10-33-20(14)12-16)28-22-21-18(26-13-27-22)5-8-29(21)9-7-25-23(30)31;/h1-6,8,10-13,25H,7,9H2,(H,30,31)(H,26,27,28);1H. The maximum absolute atomic E-state index is 10.7. The second kappa shape index (κ2) is 10.2. The first-order chi connectivity index (χ1) is 16.1. The molecule has 0 aliphatic rings. The number of rotatable bonds is 7. The number of fused-ring (bicyclic) bond motifs is 2. The third-order valence-corrected chi connectivity index (χ3v) is 6.20. The van der Waals surface area contributed by atoms with E-state index in [4.69, 9.17) is 21.4 Å². The Morgan fingerprint density at radius 3 is 2.85 bits per heavy atom. The molecule has 3 heterocycles. The van der Waals surface area contributed by atoms with E-state index in [-0.39, 0.29) is 19.0 Å². The van der Waals surface area contributed by atoms with Gasteiger partial charge in [-0.1, -0.05) is 11.6 Å². The molecule has 0 fully saturated rings. The van der Waals surface area contributed by atoms with E-state index in [9.17, 15) is 4.79 Å². The Labute approximate surface area is 209 Å². The predicted molar refractivity (Wildman–Crippen MR) is 137 cm³/mol. The van der Waals surface area contributed by atoms with Gasteiger partial charge in [-0.3, -0.25) is 0 Å². The highest BCUT2D eigenvalue weighted by Crippen LogP contribution is 2.35. The van der Waals surface area contributed by atoms with Crippen LogP contribution in [0, 0.1) is 0 Å². The average Bonchev–Trinajstić information content (AvgIpc) is 3.43. The zero-order valence-corrected chi connectivity index (χ0v) is 20.0. The van der Waals surface area contributed by atoms with E-state index in [1.165, 1.54) is 11.7 Å². The molecule has 0 spiro atoms. The van der Waals surface area contributed by atoms with E-state index in [1.807, 2.05) is 46.5 Å². The van der Waals surface area contributed by atoms with Gasteiger partial charge in [0.25, 0.3) is 0 Å². The van der Waals surface area contributed by atoms with Crippen molar-refractivity contribution >= 4 is 74.1 Å².